The van der Waals surface area contributed by atoms with Crippen LogP contribution in [0, 0.1) is 17.4 Å². The van der Waals surface area contributed by atoms with Crippen LogP contribution in [0.2, 0.25) is 0 Å². The molecule has 1 atom stereocenters. The topological polar surface area (TPSA) is 51.4 Å². The van der Waals surface area contributed by atoms with Crippen LogP contribution in [-0.2, 0) is 6.54 Å². The zero-order chi connectivity index (χ0) is 15.1. The Bertz CT molecular complexity index is 535. The first-order chi connectivity index (χ1) is 10.2. The Morgan fingerprint density at radius 3 is 3.14 bits per heavy atom. The van der Waals surface area contributed by atoms with Crippen molar-refractivity contribution in [3.63, 3.8) is 0 Å². The summed E-state index contributed by atoms with van der Waals surface area (Å²) in [5, 5.41) is 11.9. The molecule has 0 bridgehead atoms. The molecule has 1 N–H and O–H groups in total. The number of hydrogen-bond acceptors (Lipinski definition) is 4. The van der Waals surface area contributed by atoms with E-state index in [-0.39, 0.29) is 0 Å². The molecule has 0 aromatic heterocycles. The van der Waals surface area contributed by atoms with Gasteiger partial charge >= 0.3 is 0 Å². The molecule has 0 amide bonds. The highest BCUT2D eigenvalue weighted by Gasteiger charge is 2.16. The van der Waals surface area contributed by atoms with Gasteiger partial charge in [0.05, 0.1) is 5.69 Å². The molecule has 0 radical (unpaired) electrons. The number of nitrogens with zero attached hydrogens (tertiary/aromatic N) is 3. The summed E-state index contributed by atoms with van der Waals surface area (Å²) < 4.78 is 0. The molecule has 0 saturated carbocycles. The monoisotopic (exact) mass is 302 g/mol. The van der Waals surface area contributed by atoms with E-state index >= 15 is 0 Å². The molecule has 1 aromatic rings. The van der Waals surface area contributed by atoms with Gasteiger partial charge in [-0.05, 0) is 49.3 Å². The van der Waals surface area contributed by atoms with Gasteiger partial charge in [0.25, 0.3) is 0 Å². The second kappa shape index (κ2) is 8.06. The Kier molecular flexibility index (Phi) is 6.09. The molecule has 1 unspecified atom stereocenters. The van der Waals surface area contributed by atoms with E-state index in [1.165, 1.54) is 43.3 Å². The summed E-state index contributed by atoms with van der Waals surface area (Å²) in [6, 6.07) is 8.26. The number of amidine groups is 1. The predicted octanol–water partition coefficient (Wildman–Crippen LogP) is 3.34. The molecular formula is C16H22N4S. The zero-order valence-corrected chi connectivity index (χ0v) is 13.5. The van der Waals surface area contributed by atoms with Crippen LogP contribution in [0.5, 0.6) is 0 Å². The van der Waals surface area contributed by atoms with E-state index in [2.05, 4.69) is 34.3 Å². The number of thioether (sulfide) groups is 1. The highest BCUT2D eigenvalue weighted by Crippen LogP contribution is 2.21. The van der Waals surface area contributed by atoms with Crippen LogP contribution >= 0.6 is 11.8 Å². The predicted molar refractivity (Wildman–Crippen MR) is 89.5 cm³/mol. The van der Waals surface area contributed by atoms with Crippen LogP contribution in [-0.4, -0.2) is 29.4 Å². The van der Waals surface area contributed by atoms with Crippen LogP contribution in [0.4, 0.5) is 5.69 Å². The van der Waals surface area contributed by atoms with Crippen molar-refractivity contribution in [3.05, 3.63) is 29.8 Å². The average molecular weight is 302 g/mol. The van der Waals surface area contributed by atoms with E-state index in [0.717, 1.165) is 18.2 Å². The summed E-state index contributed by atoms with van der Waals surface area (Å²) in [6.45, 7) is 5.67. The second-order valence-corrected chi connectivity index (χ2v) is 6.31. The maximum atomic E-state index is 8.68. The van der Waals surface area contributed by atoms with E-state index in [9.17, 15) is 0 Å². The lowest BCUT2D eigenvalue weighted by atomic mass is 10.00. The van der Waals surface area contributed by atoms with Crippen LogP contribution < -0.4 is 5.32 Å². The van der Waals surface area contributed by atoms with Gasteiger partial charge in [-0.3, -0.25) is 10.2 Å². The van der Waals surface area contributed by atoms with Crippen LogP contribution in [0.25, 0.3) is 0 Å². The summed E-state index contributed by atoms with van der Waals surface area (Å²) in [7, 11) is 0. The fraction of sp³-hybridized carbons (Fsp3) is 0.500. The molecule has 0 aliphatic carbocycles. The molecule has 1 saturated heterocycles. The van der Waals surface area contributed by atoms with E-state index in [0.29, 0.717) is 5.17 Å². The maximum Gasteiger partial charge on any atom is 0.183 e. The molecule has 1 heterocycles. The smallest absolute Gasteiger partial charge is 0.183 e. The fourth-order valence-electron chi connectivity index (χ4n) is 2.70. The third kappa shape index (κ3) is 5.07. The maximum absolute atomic E-state index is 8.68. The average Bonchev–Trinajstić information content (AvgIpc) is 2.47. The minimum Gasteiger partial charge on any atom is -0.299 e. The van der Waals surface area contributed by atoms with Gasteiger partial charge in [0.15, 0.2) is 11.4 Å². The molecule has 1 fully saturated rings. The quantitative estimate of drug-likeness (QED) is 0.403. The molecule has 4 nitrogen and oxygen atoms in total. The van der Waals surface area contributed by atoms with Crippen molar-refractivity contribution in [1.82, 2.24) is 10.2 Å². The number of rotatable bonds is 3. The van der Waals surface area contributed by atoms with Crippen molar-refractivity contribution >= 4 is 22.6 Å². The van der Waals surface area contributed by atoms with E-state index in [1.54, 1.807) is 0 Å². The van der Waals surface area contributed by atoms with Gasteiger partial charge < -0.3 is 0 Å². The van der Waals surface area contributed by atoms with Crippen molar-refractivity contribution in [3.8, 4) is 6.19 Å². The van der Waals surface area contributed by atoms with Crippen molar-refractivity contribution in [1.29, 1.82) is 5.26 Å². The number of piperidine rings is 1. The van der Waals surface area contributed by atoms with Gasteiger partial charge in [0.1, 0.15) is 0 Å². The first-order valence-electron chi connectivity index (χ1n) is 7.30. The third-order valence-electron chi connectivity index (χ3n) is 3.64. The minimum atomic E-state index is 0.626. The number of likely N-dealkylation sites (tertiary alicyclic amines) is 1. The number of hydrogen-bond donors (Lipinski definition) is 1. The minimum absolute atomic E-state index is 0.626. The molecule has 112 valence electrons. The lowest BCUT2D eigenvalue weighted by Crippen LogP contribution is -2.33. The van der Waals surface area contributed by atoms with Crippen LogP contribution in [0.3, 0.4) is 0 Å². The highest BCUT2D eigenvalue weighted by atomic mass is 32.2. The van der Waals surface area contributed by atoms with Gasteiger partial charge in [-0.15, -0.1) is 0 Å². The molecule has 21 heavy (non-hydrogen) atoms. The Morgan fingerprint density at radius 1 is 1.57 bits per heavy atom. The largest absolute Gasteiger partial charge is 0.299 e. The van der Waals surface area contributed by atoms with Crippen molar-refractivity contribution in [2.24, 2.45) is 10.9 Å². The summed E-state index contributed by atoms with van der Waals surface area (Å²) in [5.41, 5.74) is 2.17. The van der Waals surface area contributed by atoms with Crippen LogP contribution in [0.15, 0.2) is 29.3 Å². The number of aliphatic imine (C=N–C) groups is 1. The lowest BCUT2D eigenvalue weighted by molar-refractivity contribution is 0.176. The van der Waals surface area contributed by atoms with Gasteiger partial charge in [-0.2, -0.15) is 5.26 Å². The Labute approximate surface area is 131 Å². The summed E-state index contributed by atoms with van der Waals surface area (Å²) in [6.07, 6.45) is 6.46. The summed E-state index contributed by atoms with van der Waals surface area (Å²) in [4.78, 5) is 6.98. The van der Waals surface area contributed by atoms with E-state index in [4.69, 9.17) is 5.26 Å². The van der Waals surface area contributed by atoms with Gasteiger partial charge in [0.2, 0.25) is 0 Å². The zero-order valence-electron chi connectivity index (χ0n) is 12.7. The van der Waals surface area contributed by atoms with Crippen molar-refractivity contribution in [2.45, 2.75) is 26.3 Å². The second-order valence-electron chi connectivity index (χ2n) is 5.51. The van der Waals surface area contributed by atoms with Gasteiger partial charge in [0, 0.05) is 13.1 Å². The number of nitriles is 1. The standard InChI is InChI=1S/C16H22N4S/c1-13-5-4-8-20(10-13)11-14-6-3-7-15(9-14)19-16(21-2)18-12-17/h3,6-7,9,13H,4-5,8,10-11H2,1-2H3,(H,18,19). The summed E-state index contributed by atoms with van der Waals surface area (Å²) >= 11 is 1.44. The third-order valence-corrected chi connectivity index (χ3v) is 4.22. The molecular weight excluding hydrogens is 280 g/mol. The Morgan fingerprint density at radius 2 is 2.43 bits per heavy atom. The lowest BCUT2D eigenvalue weighted by Gasteiger charge is -2.30. The first-order valence-corrected chi connectivity index (χ1v) is 8.53. The van der Waals surface area contributed by atoms with Gasteiger partial charge in [-0.25, -0.2) is 4.99 Å². The molecule has 1 aromatic carbocycles. The molecule has 5 heteroatoms. The van der Waals surface area contributed by atoms with E-state index in [1.807, 2.05) is 24.6 Å². The fourth-order valence-corrected chi connectivity index (χ4v) is 3.05. The normalized spacial score (nSPS) is 20.0. The van der Waals surface area contributed by atoms with Crippen molar-refractivity contribution < 1.29 is 0 Å². The van der Waals surface area contributed by atoms with Crippen molar-refractivity contribution in [2.75, 3.05) is 19.3 Å². The molecule has 1 aliphatic rings. The van der Waals surface area contributed by atoms with E-state index < -0.39 is 0 Å². The Balaban J connectivity index is 2.05. The Hall–Kier alpha value is -1.51. The SMILES string of the molecule is CSC(=Nc1cccc(CN2CCCC(C)C2)c1)NC#N. The van der Waals surface area contributed by atoms with Crippen LogP contribution in [0.1, 0.15) is 25.3 Å². The number of benzene rings is 1. The molecule has 1 aliphatic heterocycles. The number of nitrogens with one attached hydrogen (secondary N) is 1. The molecule has 0 spiro atoms. The van der Waals surface area contributed by atoms with Gasteiger partial charge in [-0.1, -0.05) is 30.8 Å². The highest BCUT2D eigenvalue weighted by molar-refractivity contribution is 8.13. The summed E-state index contributed by atoms with van der Waals surface area (Å²) in [5.74, 6) is 0.794. The first kappa shape index (κ1) is 15.9. The molecule has 2 rings (SSSR count).